The Balaban J connectivity index is 1.67. The van der Waals surface area contributed by atoms with Crippen molar-refractivity contribution in [3.8, 4) is 0 Å². The summed E-state index contributed by atoms with van der Waals surface area (Å²) in [7, 11) is 0. The minimum atomic E-state index is -2.69. The summed E-state index contributed by atoms with van der Waals surface area (Å²) < 4.78 is 41.6. The molecule has 0 aliphatic carbocycles. The van der Waals surface area contributed by atoms with Crippen LogP contribution in [-0.2, 0) is 11.3 Å². The van der Waals surface area contributed by atoms with Gasteiger partial charge in [0.2, 0.25) is 5.91 Å². The smallest absolute Gasteiger partial charge is 0.282 e. The molecule has 1 aromatic carbocycles. The van der Waals surface area contributed by atoms with Crippen molar-refractivity contribution in [2.24, 2.45) is 0 Å². The third kappa shape index (κ3) is 4.36. The number of rotatable bonds is 6. The monoisotopic (exact) mass is 377 g/mol. The molecule has 0 fully saturated rings. The highest BCUT2D eigenvalue weighted by molar-refractivity contribution is 5.93. The van der Waals surface area contributed by atoms with E-state index in [-0.39, 0.29) is 11.5 Å². The van der Waals surface area contributed by atoms with Crippen LogP contribution in [-0.4, -0.2) is 25.5 Å². The number of nitrogens with one attached hydrogen (secondary N) is 1. The van der Waals surface area contributed by atoms with Gasteiger partial charge in [-0.2, -0.15) is 10.2 Å². The molecule has 0 spiro atoms. The van der Waals surface area contributed by atoms with Gasteiger partial charge in [0, 0.05) is 11.9 Å². The largest absolute Gasteiger partial charge is 0.322 e. The summed E-state index contributed by atoms with van der Waals surface area (Å²) in [6.07, 6.45) is 0.377. The van der Waals surface area contributed by atoms with Crippen LogP contribution in [0.4, 0.5) is 18.9 Å². The average molecular weight is 377 g/mol. The molecule has 0 radical (unpaired) electrons. The molecule has 1 unspecified atom stereocenters. The molecule has 1 amide bonds. The van der Waals surface area contributed by atoms with Crippen molar-refractivity contribution in [2.75, 3.05) is 5.32 Å². The summed E-state index contributed by atoms with van der Waals surface area (Å²) in [5.74, 6) is -0.743. The second-order valence-corrected chi connectivity index (χ2v) is 6.18. The van der Waals surface area contributed by atoms with Gasteiger partial charge < -0.3 is 5.32 Å². The van der Waals surface area contributed by atoms with Crippen molar-refractivity contribution in [3.63, 3.8) is 0 Å². The van der Waals surface area contributed by atoms with E-state index in [2.05, 4.69) is 15.5 Å². The number of benzene rings is 1. The SMILES string of the molecule is Cc1cc(C(F)F)nn1C(C)C(=O)Nc1cnn(Cc2cccc(F)c2)c1. The first-order chi connectivity index (χ1) is 12.8. The Morgan fingerprint density at radius 1 is 1.30 bits per heavy atom. The predicted molar refractivity (Wildman–Crippen MR) is 93.0 cm³/mol. The Morgan fingerprint density at radius 3 is 2.74 bits per heavy atom. The number of halogens is 3. The lowest BCUT2D eigenvalue weighted by molar-refractivity contribution is -0.119. The van der Waals surface area contributed by atoms with Gasteiger partial charge in [-0.15, -0.1) is 0 Å². The van der Waals surface area contributed by atoms with Gasteiger partial charge in [0.25, 0.3) is 6.43 Å². The number of aryl methyl sites for hydroxylation is 1. The van der Waals surface area contributed by atoms with Crippen molar-refractivity contribution < 1.29 is 18.0 Å². The number of amides is 1. The molecule has 0 saturated heterocycles. The maximum atomic E-state index is 13.2. The molecule has 1 atom stereocenters. The normalized spacial score (nSPS) is 12.4. The summed E-state index contributed by atoms with van der Waals surface area (Å²) in [5, 5.41) is 10.6. The van der Waals surface area contributed by atoms with Crippen LogP contribution in [0.25, 0.3) is 0 Å². The van der Waals surface area contributed by atoms with E-state index < -0.39 is 18.4 Å². The molecule has 2 heterocycles. The van der Waals surface area contributed by atoms with Gasteiger partial charge in [-0.25, -0.2) is 13.2 Å². The third-order valence-electron chi connectivity index (χ3n) is 4.05. The second-order valence-electron chi connectivity index (χ2n) is 6.18. The molecule has 3 aromatic rings. The number of alkyl halides is 2. The van der Waals surface area contributed by atoms with E-state index in [0.29, 0.717) is 17.9 Å². The van der Waals surface area contributed by atoms with Crippen molar-refractivity contribution in [2.45, 2.75) is 32.9 Å². The van der Waals surface area contributed by atoms with Crippen LogP contribution < -0.4 is 5.32 Å². The Morgan fingerprint density at radius 2 is 2.07 bits per heavy atom. The van der Waals surface area contributed by atoms with E-state index in [1.54, 1.807) is 36.9 Å². The van der Waals surface area contributed by atoms with Crippen LogP contribution in [0.3, 0.4) is 0 Å². The van der Waals surface area contributed by atoms with Crippen LogP contribution in [0.15, 0.2) is 42.7 Å². The number of carbonyl (C=O) groups excluding carboxylic acids is 1. The molecular formula is C18H18F3N5O. The van der Waals surface area contributed by atoms with Crippen LogP contribution in [0.2, 0.25) is 0 Å². The first-order valence-electron chi connectivity index (χ1n) is 8.25. The lowest BCUT2D eigenvalue weighted by atomic mass is 10.2. The van der Waals surface area contributed by atoms with Gasteiger partial charge in [-0.3, -0.25) is 14.2 Å². The summed E-state index contributed by atoms with van der Waals surface area (Å²) in [6.45, 7) is 3.53. The zero-order valence-corrected chi connectivity index (χ0v) is 14.7. The molecule has 9 heteroatoms. The van der Waals surface area contributed by atoms with E-state index in [9.17, 15) is 18.0 Å². The average Bonchev–Trinajstić information content (AvgIpc) is 3.20. The van der Waals surface area contributed by atoms with Crippen molar-refractivity contribution in [1.82, 2.24) is 19.6 Å². The number of nitrogens with zero attached hydrogens (tertiary/aromatic N) is 4. The summed E-state index contributed by atoms with van der Waals surface area (Å²) in [6, 6.07) is 6.62. The Hall–Kier alpha value is -3.10. The Kier molecular flexibility index (Phi) is 5.29. The summed E-state index contributed by atoms with van der Waals surface area (Å²) >= 11 is 0. The minimum absolute atomic E-state index is 0.334. The summed E-state index contributed by atoms with van der Waals surface area (Å²) in [4.78, 5) is 12.4. The zero-order chi connectivity index (χ0) is 19.6. The first-order valence-corrected chi connectivity index (χ1v) is 8.25. The second kappa shape index (κ2) is 7.65. The molecule has 27 heavy (non-hydrogen) atoms. The molecule has 1 N–H and O–H groups in total. The van der Waals surface area contributed by atoms with Gasteiger partial charge in [0.05, 0.1) is 18.4 Å². The topological polar surface area (TPSA) is 64.7 Å². The lowest BCUT2D eigenvalue weighted by Gasteiger charge is -2.13. The van der Waals surface area contributed by atoms with Crippen molar-refractivity contribution in [1.29, 1.82) is 0 Å². The van der Waals surface area contributed by atoms with Crippen LogP contribution in [0, 0.1) is 12.7 Å². The van der Waals surface area contributed by atoms with E-state index in [1.165, 1.54) is 29.1 Å². The third-order valence-corrected chi connectivity index (χ3v) is 4.05. The molecular weight excluding hydrogens is 359 g/mol. The molecule has 3 rings (SSSR count). The summed E-state index contributed by atoms with van der Waals surface area (Å²) in [5.41, 5.74) is 1.28. The molecule has 2 aromatic heterocycles. The Labute approximate surface area is 153 Å². The van der Waals surface area contributed by atoms with Crippen molar-refractivity contribution in [3.05, 3.63) is 65.5 Å². The fourth-order valence-corrected chi connectivity index (χ4v) is 2.71. The number of hydrogen-bond donors (Lipinski definition) is 1. The number of anilines is 1. The number of aromatic nitrogens is 4. The number of carbonyl (C=O) groups is 1. The molecule has 0 aliphatic heterocycles. The lowest BCUT2D eigenvalue weighted by Crippen LogP contribution is -2.25. The van der Waals surface area contributed by atoms with E-state index in [0.717, 1.165) is 5.56 Å². The molecule has 0 bridgehead atoms. The molecule has 0 aliphatic rings. The van der Waals surface area contributed by atoms with E-state index in [4.69, 9.17) is 0 Å². The van der Waals surface area contributed by atoms with Gasteiger partial charge in [0.15, 0.2) is 0 Å². The standard InChI is InChI=1S/C18H18F3N5O/c1-11-6-16(17(20)21)24-26(11)12(2)18(27)23-15-8-22-25(10-15)9-13-4-3-5-14(19)7-13/h3-8,10,12,17H,9H2,1-2H3,(H,23,27). The van der Waals surface area contributed by atoms with Gasteiger partial charge in [0.1, 0.15) is 17.6 Å². The first kappa shape index (κ1) is 18.7. The highest BCUT2D eigenvalue weighted by atomic mass is 19.3. The Bertz CT molecular complexity index is 950. The fourth-order valence-electron chi connectivity index (χ4n) is 2.71. The minimum Gasteiger partial charge on any atom is -0.322 e. The van der Waals surface area contributed by atoms with Crippen LogP contribution >= 0.6 is 0 Å². The van der Waals surface area contributed by atoms with E-state index >= 15 is 0 Å². The van der Waals surface area contributed by atoms with Gasteiger partial charge in [-0.05, 0) is 37.6 Å². The van der Waals surface area contributed by atoms with Crippen LogP contribution in [0.5, 0.6) is 0 Å². The molecule has 0 saturated carbocycles. The highest BCUT2D eigenvalue weighted by Gasteiger charge is 2.21. The highest BCUT2D eigenvalue weighted by Crippen LogP contribution is 2.21. The zero-order valence-electron chi connectivity index (χ0n) is 14.7. The molecule has 6 nitrogen and oxygen atoms in total. The molecule has 142 valence electrons. The predicted octanol–water partition coefficient (Wildman–Crippen LogP) is 3.71. The van der Waals surface area contributed by atoms with E-state index in [1.807, 2.05) is 0 Å². The van der Waals surface area contributed by atoms with Gasteiger partial charge >= 0.3 is 0 Å². The maximum Gasteiger partial charge on any atom is 0.282 e. The number of hydrogen-bond acceptors (Lipinski definition) is 3. The van der Waals surface area contributed by atoms with Gasteiger partial charge in [-0.1, -0.05) is 12.1 Å². The van der Waals surface area contributed by atoms with Crippen LogP contribution in [0.1, 0.15) is 36.3 Å². The maximum absolute atomic E-state index is 13.2. The van der Waals surface area contributed by atoms with Crippen molar-refractivity contribution >= 4 is 11.6 Å². The quantitative estimate of drug-likeness (QED) is 0.712. The fraction of sp³-hybridized carbons (Fsp3) is 0.278.